The Morgan fingerprint density at radius 2 is 2.33 bits per heavy atom. The maximum absolute atomic E-state index is 12.6. The molecule has 0 bridgehead atoms. The van der Waals surface area contributed by atoms with Crippen molar-refractivity contribution >= 4 is 5.69 Å². The smallest absolute Gasteiger partial charge is 0.274 e. The number of hydrogen-bond donors (Lipinski definition) is 1. The molecule has 1 aromatic heterocycles. The van der Waals surface area contributed by atoms with Gasteiger partial charge in [0.05, 0.1) is 11.7 Å². The summed E-state index contributed by atoms with van der Waals surface area (Å²) in [7, 11) is 0. The van der Waals surface area contributed by atoms with Gasteiger partial charge in [0, 0.05) is 12.6 Å². The molecule has 1 unspecified atom stereocenters. The van der Waals surface area contributed by atoms with E-state index in [1.54, 1.807) is 12.3 Å². The molecule has 1 aliphatic carbocycles. The van der Waals surface area contributed by atoms with Crippen LogP contribution in [0.2, 0.25) is 0 Å². The van der Waals surface area contributed by atoms with E-state index in [1.807, 2.05) is 0 Å². The highest BCUT2D eigenvalue weighted by Gasteiger charge is 2.39. The molecule has 1 aliphatic rings. The number of alkyl halides is 1. The van der Waals surface area contributed by atoms with Crippen LogP contribution in [0.5, 0.6) is 0 Å². The second-order valence-electron chi connectivity index (χ2n) is 2.99. The Bertz CT molecular complexity index is 360. The highest BCUT2D eigenvalue weighted by molar-refractivity contribution is 5.34. The first-order valence-corrected chi connectivity index (χ1v) is 3.81. The van der Waals surface area contributed by atoms with Crippen LogP contribution in [0, 0.1) is 0 Å². The lowest BCUT2D eigenvalue weighted by Gasteiger charge is -2.02. The normalized spacial score (nSPS) is 27.1. The van der Waals surface area contributed by atoms with E-state index >= 15 is 0 Å². The maximum atomic E-state index is 12.6. The Hall–Kier alpha value is -1.32. The van der Waals surface area contributed by atoms with Gasteiger partial charge in [-0.05, 0) is 12.1 Å². The van der Waals surface area contributed by atoms with E-state index in [0.717, 1.165) is 0 Å². The molecule has 1 aromatic rings. The van der Waals surface area contributed by atoms with E-state index in [0.29, 0.717) is 6.42 Å². The third-order valence-corrected chi connectivity index (χ3v) is 2.04. The van der Waals surface area contributed by atoms with Crippen LogP contribution in [0.3, 0.4) is 0 Å². The van der Waals surface area contributed by atoms with E-state index in [2.05, 4.69) is 0 Å². The van der Waals surface area contributed by atoms with Crippen molar-refractivity contribution in [3.05, 3.63) is 28.7 Å². The van der Waals surface area contributed by atoms with Gasteiger partial charge in [-0.25, -0.2) is 4.39 Å². The molecule has 0 spiro atoms. The minimum absolute atomic E-state index is 0.177. The van der Waals surface area contributed by atoms with Crippen LogP contribution in [-0.2, 0) is 0 Å². The van der Waals surface area contributed by atoms with Crippen LogP contribution < -0.4 is 11.3 Å². The summed E-state index contributed by atoms with van der Waals surface area (Å²) >= 11 is 0. The largest absolute Gasteiger partial charge is 0.394 e. The van der Waals surface area contributed by atoms with Gasteiger partial charge in [-0.1, -0.05) is 0 Å². The predicted molar refractivity (Wildman–Crippen MR) is 43.7 cm³/mol. The van der Waals surface area contributed by atoms with E-state index < -0.39 is 6.17 Å². The first-order chi connectivity index (χ1) is 5.70. The molecule has 12 heavy (non-hydrogen) atoms. The highest BCUT2D eigenvalue weighted by atomic mass is 19.1. The zero-order chi connectivity index (χ0) is 8.72. The van der Waals surface area contributed by atoms with Gasteiger partial charge in [-0.15, -0.1) is 0 Å². The lowest BCUT2D eigenvalue weighted by Crippen LogP contribution is -2.21. The third kappa shape index (κ3) is 0.995. The van der Waals surface area contributed by atoms with Crippen molar-refractivity contribution < 1.29 is 4.39 Å². The van der Waals surface area contributed by atoms with Gasteiger partial charge >= 0.3 is 0 Å². The number of anilines is 1. The summed E-state index contributed by atoms with van der Waals surface area (Å²) in [6.45, 7) is 0. The van der Waals surface area contributed by atoms with Crippen LogP contribution in [0.1, 0.15) is 12.5 Å². The number of hydrogen-bond acceptors (Lipinski definition) is 2. The Morgan fingerprint density at radius 1 is 1.67 bits per heavy atom. The van der Waals surface area contributed by atoms with Crippen molar-refractivity contribution in [1.82, 2.24) is 4.57 Å². The number of nitrogen functional groups attached to an aromatic ring is 1. The van der Waals surface area contributed by atoms with E-state index in [4.69, 9.17) is 5.73 Å². The zero-order valence-electron chi connectivity index (χ0n) is 6.40. The van der Waals surface area contributed by atoms with Crippen LogP contribution >= 0.6 is 0 Å². The fraction of sp³-hybridized carbons (Fsp3) is 0.375. The summed E-state index contributed by atoms with van der Waals surface area (Å²) in [6.07, 6.45) is 1.14. The fourth-order valence-corrected chi connectivity index (χ4v) is 1.23. The number of pyridine rings is 1. The molecule has 3 nitrogen and oxygen atoms in total. The predicted octanol–water partition coefficient (Wildman–Crippen LogP) is 0.713. The lowest BCUT2D eigenvalue weighted by molar-refractivity contribution is 0.438. The Kier molecular flexibility index (Phi) is 1.43. The van der Waals surface area contributed by atoms with Gasteiger partial charge in [0.2, 0.25) is 0 Å². The lowest BCUT2D eigenvalue weighted by atomic mass is 10.4. The second-order valence-corrected chi connectivity index (χ2v) is 2.99. The second kappa shape index (κ2) is 2.33. The Morgan fingerprint density at radius 3 is 2.92 bits per heavy atom. The molecule has 4 heteroatoms. The van der Waals surface area contributed by atoms with Crippen molar-refractivity contribution in [2.75, 3.05) is 5.73 Å². The molecule has 0 saturated heterocycles. The van der Waals surface area contributed by atoms with E-state index in [1.165, 1.54) is 10.6 Å². The summed E-state index contributed by atoms with van der Waals surface area (Å²) < 4.78 is 13.9. The van der Waals surface area contributed by atoms with Crippen molar-refractivity contribution in [3.63, 3.8) is 0 Å². The quantitative estimate of drug-likeness (QED) is 0.671. The number of halogens is 1. The molecular weight excluding hydrogens is 159 g/mol. The van der Waals surface area contributed by atoms with Crippen molar-refractivity contribution in [1.29, 1.82) is 0 Å². The van der Waals surface area contributed by atoms with Crippen molar-refractivity contribution in [3.8, 4) is 0 Å². The van der Waals surface area contributed by atoms with Crippen molar-refractivity contribution in [2.24, 2.45) is 0 Å². The zero-order valence-corrected chi connectivity index (χ0v) is 6.40. The molecule has 0 radical (unpaired) electrons. The van der Waals surface area contributed by atoms with Crippen LogP contribution in [0.25, 0.3) is 0 Å². The molecule has 1 fully saturated rings. The van der Waals surface area contributed by atoms with Crippen LogP contribution in [0.4, 0.5) is 10.1 Å². The summed E-state index contributed by atoms with van der Waals surface area (Å²) in [5.41, 5.74) is 5.26. The van der Waals surface area contributed by atoms with Gasteiger partial charge < -0.3 is 10.3 Å². The molecule has 1 heterocycles. The fourth-order valence-electron chi connectivity index (χ4n) is 1.23. The monoisotopic (exact) mass is 168 g/mol. The van der Waals surface area contributed by atoms with Gasteiger partial charge in [0.1, 0.15) is 6.17 Å². The molecule has 0 aromatic carbocycles. The number of nitrogens with two attached hydrogens (primary N) is 1. The molecule has 0 aliphatic heterocycles. The van der Waals surface area contributed by atoms with Crippen LogP contribution in [0.15, 0.2) is 23.1 Å². The molecule has 64 valence electrons. The average molecular weight is 168 g/mol. The standard InChI is InChI=1S/C8H9FN2O/c9-5-4-7(5)11-3-1-2-6(10)8(11)12/h1-3,5,7H,4,10H2/t5?,7-/m0/s1. The van der Waals surface area contributed by atoms with Gasteiger partial charge in [-0.3, -0.25) is 4.79 Å². The topological polar surface area (TPSA) is 48.0 Å². The number of nitrogens with zero attached hydrogens (tertiary/aromatic N) is 1. The van der Waals surface area contributed by atoms with Crippen molar-refractivity contribution in [2.45, 2.75) is 18.6 Å². The molecule has 2 rings (SSSR count). The van der Waals surface area contributed by atoms with Gasteiger partial charge in [-0.2, -0.15) is 0 Å². The first kappa shape index (κ1) is 7.34. The average Bonchev–Trinajstić information content (AvgIpc) is 2.73. The molecule has 2 N–H and O–H groups in total. The van der Waals surface area contributed by atoms with E-state index in [9.17, 15) is 9.18 Å². The third-order valence-electron chi connectivity index (χ3n) is 2.04. The van der Waals surface area contributed by atoms with E-state index in [-0.39, 0.29) is 17.3 Å². The summed E-state index contributed by atoms with van der Waals surface area (Å²) in [5.74, 6) is 0. The molecule has 1 saturated carbocycles. The van der Waals surface area contributed by atoms with Gasteiger partial charge in [0.15, 0.2) is 0 Å². The Balaban J connectivity index is 2.45. The number of aromatic nitrogens is 1. The maximum Gasteiger partial charge on any atom is 0.274 e. The minimum atomic E-state index is -0.871. The molecular formula is C8H9FN2O. The van der Waals surface area contributed by atoms with Crippen LogP contribution in [-0.4, -0.2) is 10.7 Å². The Labute approximate surface area is 68.6 Å². The summed E-state index contributed by atoms with van der Waals surface area (Å²) in [5, 5.41) is 0. The SMILES string of the molecule is Nc1cccn([C@H]2CC2F)c1=O. The first-order valence-electron chi connectivity index (χ1n) is 3.81. The minimum Gasteiger partial charge on any atom is -0.394 e. The summed E-state index contributed by atoms with van der Waals surface area (Å²) in [6, 6.07) is 2.90. The molecule has 0 amide bonds. The highest BCUT2D eigenvalue weighted by Crippen LogP contribution is 2.37. The molecule has 2 atom stereocenters. The van der Waals surface area contributed by atoms with Gasteiger partial charge in [0.25, 0.3) is 5.56 Å². The number of rotatable bonds is 1. The summed E-state index contributed by atoms with van der Waals surface area (Å²) in [4.78, 5) is 11.3.